The maximum absolute atomic E-state index is 12.0. The maximum atomic E-state index is 12.0. The summed E-state index contributed by atoms with van der Waals surface area (Å²) in [4.78, 5) is 23.5. The SMILES string of the molecule is C=C(C(=O)OC)C12CC1CC(C)(C(=O)CC)C2. The van der Waals surface area contributed by atoms with Gasteiger partial charge in [0.25, 0.3) is 0 Å². The zero-order chi connectivity index (χ0) is 12.8. The van der Waals surface area contributed by atoms with Gasteiger partial charge in [0.2, 0.25) is 0 Å². The van der Waals surface area contributed by atoms with Crippen LogP contribution in [0.25, 0.3) is 0 Å². The lowest BCUT2D eigenvalue weighted by Gasteiger charge is -2.26. The number of hydrogen-bond donors (Lipinski definition) is 0. The number of hydrogen-bond acceptors (Lipinski definition) is 3. The fourth-order valence-corrected chi connectivity index (χ4v) is 3.62. The molecule has 94 valence electrons. The molecule has 0 saturated heterocycles. The van der Waals surface area contributed by atoms with Gasteiger partial charge in [-0.2, -0.15) is 0 Å². The lowest BCUT2D eigenvalue weighted by molar-refractivity contribution is -0.137. The Balaban J connectivity index is 2.16. The zero-order valence-corrected chi connectivity index (χ0v) is 10.8. The molecule has 0 heterocycles. The summed E-state index contributed by atoms with van der Waals surface area (Å²) in [6.45, 7) is 7.81. The molecule has 3 heteroatoms. The van der Waals surface area contributed by atoms with Gasteiger partial charge in [0.1, 0.15) is 5.78 Å². The Morgan fingerprint density at radius 1 is 1.41 bits per heavy atom. The molecule has 0 aromatic rings. The number of ether oxygens (including phenoxy) is 1. The van der Waals surface area contributed by atoms with Crippen molar-refractivity contribution in [3.63, 3.8) is 0 Å². The number of methoxy groups -OCH3 is 1. The van der Waals surface area contributed by atoms with Gasteiger partial charge in [-0.05, 0) is 25.2 Å². The first-order valence-electron chi connectivity index (χ1n) is 6.20. The summed E-state index contributed by atoms with van der Waals surface area (Å²) in [6.07, 6.45) is 3.23. The molecule has 2 aliphatic rings. The van der Waals surface area contributed by atoms with Crippen LogP contribution in [0.2, 0.25) is 0 Å². The number of esters is 1. The van der Waals surface area contributed by atoms with E-state index >= 15 is 0 Å². The Bertz CT molecular complexity index is 398. The molecule has 2 aliphatic carbocycles. The minimum absolute atomic E-state index is 0.132. The highest BCUT2D eigenvalue weighted by molar-refractivity contribution is 5.91. The smallest absolute Gasteiger partial charge is 0.333 e. The Hall–Kier alpha value is -1.12. The minimum atomic E-state index is -0.319. The van der Waals surface area contributed by atoms with Gasteiger partial charge in [0, 0.05) is 22.8 Å². The van der Waals surface area contributed by atoms with Gasteiger partial charge in [0.05, 0.1) is 7.11 Å². The molecule has 3 unspecified atom stereocenters. The molecule has 3 nitrogen and oxygen atoms in total. The fourth-order valence-electron chi connectivity index (χ4n) is 3.62. The van der Waals surface area contributed by atoms with Crippen molar-refractivity contribution in [2.45, 2.75) is 39.5 Å². The van der Waals surface area contributed by atoms with Crippen LogP contribution in [0.1, 0.15) is 39.5 Å². The van der Waals surface area contributed by atoms with E-state index in [0.717, 1.165) is 19.3 Å². The Labute approximate surface area is 102 Å². The third kappa shape index (κ3) is 1.63. The molecule has 0 spiro atoms. The van der Waals surface area contributed by atoms with Crippen molar-refractivity contribution >= 4 is 11.8 Å². The molecule has 0 bridgehead atoms. The van der Waals surface area contributed by atoms with E-state index < -0.39 is 0 Å². The van der Waals surface area contributed by atoms with Crippen molar-refractivity contribution in [3.05, 3.63) is 12.2 Å². The molecule has 0 amide bonds. The van der Waals surface area contributed by atoms with Gasteiger partial charge < -0.3 is 4.74 Å². The van der Waals surface area contributed by atoms with Gasteiger partial charge in [-0.1, -0.05) is 20.4 Å². The van der Waals surface area contributed by atoms with Crippen LogP contribution in [0.15, 0.2) is 12.2 Å². The van der Waals surface area contributed by atoms with E-state index in [4.69, 9.17) is 4.74 Å². The van der Waals surface area contributed by atoms with Crippen molar-refractivity contribution in [2.24, 2.45) is 16.7 Å². The number of carbonyl (C=O) groups is 2. The van der Waals surface area contributed by atoms with E-state index in [0.29, 0.717) is 23.7 Å². The highest BCUT2D eigenvalue weighted by Crippen LogP contribution is 2.72. The third-order valence-electron chi connectivity index (χ3n) is 4.66. The van der Waals surface area contributed by atoms with Gasteiger partial charge in [-0.15, -0.1) is 0 Å². The van der Waals surface area contributed by atoms with Crippen LogP contribution in [0.5, 0.6) is 0 Å². The second-order valence-electron chi connectivity index (χ2n) is 5.75. The zero-order valence-electron chi connectivity index (χ0n) is 10.8. The summed E-state index contributed by atoms with van der Waals surface area (Å²) in [6, 6.07) is 0. The van der Waals surface area contributed by atoms with E-state index in [1.165, 1.54) is 7.11 Å². The summed E-state index contributed by atoms with van der Waals surface area (Å²) in [5.41, 5.74) is 0.180. The van der Waals surface area contributed by atoms with Crippen LogP contribution in [-0.4, -0.2) is 18.9 Å². The predicted molar refractivity (Wildman–Crippen MR) is 64.3 cm³/mol. The average Bonchev–Trinajstić information content (AvgIpc) is 2.90. The van der Waals surface area contributed by atoms with Gasteiger partial charge in [-0.25, -0.2) is 4.79 Å². The first-order valence-corrected chi connectivity index (χ1v) is 6.20. The molecule has 2 fully saturated rings. The Morgan fingerprint density at radius 3 is 2.59 bits per heavy atom. The van der Waals surface area contributed by atoms with Gasteiger partial charge in [0.15, 0.2) is 0 Å². The summed E-state index contributed by atoms with van der Waals surface area (Å²) < 4.78 is 4.75. The van der Waals surface area contributed by atoms with Crippen LogP contribution in [0, 0.1) is 16.7 Å². The van der Waals surface area contributed by atoms with E-state index in [2.05, 4.69) is 6.58 Å². The summed E-state index contributed by atoms with van der Waals surface area (Å²) in [5, 5.41) is 0. The van der Waals surface area contributed by atoms with Crippen molar-refractivity contribution < 1.29 is 14.3 Å². The predicted octanol–water partition coefficient (Wildman–Crippen LogP) is 2.50. The lowest BCUT2D eigenvalue weighted by atomic mass is 9.77. The average molecular weight is 236 g/mol. The number of Topliss-reactive ketones (excluding diaryl/α,β-unsaturated/α-hetero) is 1. The monoisotopic (exact) mass is 236 g/mol. The van der Waals surface area contributed by atoms with Crippen LogP contribution in [0.3, 0.4) is 0 Å². The van der Waals surface area contributed by atoms with E-state index in [9.17, 15) is 9.59 Å². The number of rotatable bonds is 4. The van der Waals surface area contributed by atoms with Crippen LogP contribution < -0.4 is 0 Å². The van der Waals surface area contributed by atoms with E-state index in [1.807, 2.05) is 13.8 Å². The number of carbonyl (C=O) groups excluding carboxylic acids is 2. The summed E-state index contributed by atoms with van der Waals surface area (Å²) >= 11 is 0. The first kappa shape index (κ1) is 12.3. The lowest BCUT2D eigenvalue weighted by Crippen LogP contribution is -2.27. The second kappa shape index (κ2) is 3.69. The Morgan fingerprint density at radius 2 is 2.06 bits per heavy atom. The number of fused-ring (bicyclic) bond motifs is 1. The molecular weight excluding hydrogens is 216 g/mol. The van der Waals surface area contributed by atoms with E-state index in [-0.39, 0.29) is 16.8 Å². The molecule has 2 saturated carbocycles. The second-order valence-corrected chi connectivity index (χ2v) is 5.75. The molecule has 0 N–H and O–H groups in total. The standard InChI is InChI=1S/C14H20O3/c1-5-11(15)13(3)6-10-7-14(10,8-13)9(2)12(16)17-4/h10H,2,5-8H2,1,3-4H3. The van der Waals surface area contributed by atoms with Gasteiger partial charge >= 0.3 is 5.97 Å². The topological polar surface area (TPSA) is 43.4 Å². The molecule has 0 aromatic carbocycles. The van der Waals surface area contributed by atoms with Crippen molar-refractivity contribution in [1.29, 1.82) is 0 Å². The first-order chi connectivity index (χ1) is 7.89. The fraction of sp³-hybridized carbons (Fsp3) is 0.714. The maximum Gasteiger partial charge on any atom is 0.333 e. The third-order valence-corrected chi connectivity index (χ3v) is 4.66. The van der Waals surface area contributed by atoms with Crippen LogP contribution in [-0.2, 0) is 14.3 Å². The largest absolute Gasteiger partial charge is 0.466 e. The molecular formula is C14H20O3. The van der Waals surface area contributed by atoms with Gasteiger partial charge in [-0.3, -0.25) is 4.79 Å². The highest BCUT2D eigenvalue weighted by atomic mass is 16.5. The highest BCUT2D eigenvalue weighted by Gasteiger charge is 2.67. The van der Waals surface area contributed by atoms with Crippen molar-refractivity contribution in [3.8, 4) is 0 Å². The summed E-state index contributed by atoms with van der Waals surface area (Å²) in [5.74, 6) is 0.442. The molecule has 0 aromatic heterocycles. The molecule has 3 atom stereocenters. The normalized spacial score (nSPS) is 38.4. The summed E-state index contributed by atoms with van der Waals surface area (Å²) in [7, 11) is 1.38. The quantitative estimate of drug-likeness (QED) is 0.556. The molecule has 2 rings (SSSR count). The Kier molecular flexibility index (Phi) is 2.68. The van der Waals surface area contributed by atoms with E-state index in [1.54, 1.807) is 0 Å². The molecule has 17 heavy (non-hydrogen) atoms. The van der Waals surface area contributed by atoms with Crippen molar-refractivity contribution in [2.75, 3.05) is 7.11 Å². The molecule has 0 aliphatic heterocycles. The van der Waals surface area contributed by atoms with Crippen molar-refractivity contribution in [1.82, 2.24) is 0 Å². The van der Waals surface area contributed by atoms with Crippen LogP contribution >= 0.6 is 0 Å². The minimum Gasteiger partial charge on any atom is -0.466 e. The number of ketones is 1. The molecule has 0 radical (unpaired) electrons. The van der Waals surface area contributed by atoms with Crippen LogP contribution in [0.4, 0.5) is 0 Å².